The lowest BCUT2D eigenvalue weighted by atomic mass is 10.0. The summed E-state index contributed by atoms with van der Waals surface area (Å²) in [6, 6.07) is 13.2. The fraction of sp³-hybridized carbons (Fsp3) is 0.250. The number of nitrogens with one attached hydrogen (secondary N) is 2. The molecular formula is C20H23ClN2O4. The number of rotatable bonds is 7. The lowest BCUT2D eigenvalue weighted by Crippen LogP contribution is -2.26. The highest BCUT2D eigenvalue weighted by Crippen LogP contribution is 2.28. The molecule has 1 atom stereocenters. The summed E-state index contributed by atoms with van der Waals surface area (Å²) in [6.45, 7) is 0.529. The summed E-state index contributed by atoms with van der Waals surface area (Å²) in [4.78, 5) is 14.1. The van der Waals surface area contributed by atoms with E-state index in [2.05, 4.69) is 10.3 Å². The van der Waals surface area contributed by atoms with Crippen LogP contribution in [0.5, 0.6) is 11.5 Å². The Hall–Kier alpha value is -2.54. The smallest absolute Gasteiger partial charge is 0.248 e. The Labute approximate surface area is 162 Å². The second kappa shape index (κ2) is 9.41. The zero-order valence-corrected chi connectivity index (χ0v) is 15.5. The van der Waals surface area contributed by atoms with Gasteiger partial charge in [0.15, 0.2) is 0 Å². The average molecular weight is 391 g/mol. The lowest BCUT2D eigenvalue weighted by molar-refractivity contribution is 0.245. The number of aromatic hydroxyl groups is 2. The molecule has 0 saturated carbocycles. The monoisotopic (exact) mass is 390 g/mol. The molecule has 1 aromatic heterocycles. The maximum atomic E-state index is 11.5. The van der Waals surface area contributed by atoms with Gasteiger partial charge in [0.1, 0.15) is 11.5 Å². The molecule has 2 aromatic carbocycles. The minimum atomic E-state index is -0.326. The Morgan fingerprint density at radius 3 is 2.52 bits per heavy atom. The third kappa shape index (κ3) is 4.80. The van der Waals surface area contributed by atoms with Crippen LogP contribution in [-0.4, -0.2) is 33.5 Å². The Kier molecular flexibility index (Phi) is 7.24. The molecule has 0 radical (unpaired) electrons. The number of aliphatic hydroxyl groups excluding tert-OH is 1. The number of aromatic nitrogens is 1. The maximum Gasteiger partial charge on any atom is 0.248 e. The minimum Gasteiger partial charge on any atom is -0.508 e. The van der Waals surface area contributed by atoms with Gasteiger partial charge in [0, 0.05) is 11.5 Å². The number of hydrogen-bond donors (Lipinski definition) is 5. The van der Waals surface area contributed by atoms with Gasteiger partial charge in [-0.3, -0.25) is 4.79 Å². The molecule has 3 aromatic rings. The molecular weight excluding hydrogens is 368 g/mol. The predicted molar refractivity (Wildman–Crippen MR) is 108 cm³/mol. The van der Waals surface area contributed by atoms with Crippen LogP contribution in [0.1, 0.15) is 23.6 Å². The van der Waals surface area contributed by atoms with Crippen LogP contribution in [0.25, 0.3) is 10.9 Å². The van der Waals surface area contributed by atoms with E-state index in [1.807, 2.05) is 12.1 Å². The number of para-hydroxylation sites is 1. The van der Waals surface area contributed by atoms with Gasteiger partial charge in [0.25, 0.3) is 0 Å². The number of pyridine rings is 1. The molecule has 3 rings (SSSR count). The van der Waals surface area contributed by atoms with Crippen LogP contribution in [0.4, 0.5) is 0 Å². The van der Waals surface area contributed by atoms with Crippen molar-refractivity contribution >= 4 is 23.3 Å². The highest BCUT2D eigenvalue weighted by atomic mass is 35.5. The summed E-state index contributed by atoms with van der Waals surface area (Å²) < 4.78 is 0. The number of halogens is 1. The van der Waals surface area contributed by atoms with Crippen molar-refractivity contribution in [3.8, 4) is 11.5 Å². The van der Waals surface area contributed by atoms with Crippen LogP contribution in [0.15, 0.2) is 53.3 Å². The molecule has 0 amide bonds. The highest BCUT2D eigenvalue weighted by molar-refractivity contribution is 5.87. The van der Waals surface area contributed by atoms with Crippen molar-refractivity contribution in [1.29, 1.82) is 0 Å². The quantitative estimate of drug-likeness (QED) is 0.399. The third-order valence-corrected chi connectivity index (χ3v) is 4.47. The summed E-state index contributed by atoms with van der Waals surface area (Å²) >= 11 is 0. The summed E-state index contributed by atoms with van der Waals surface area (Å²) in [5.41, 5.74) is 1.77. The van der Waals surface area contributed by atoms with Crippen LogP contribution in [-0.2, 0) is 6.42 Å². The Morgan fingerprint density at radius 2 is 1.78 bits per heavy atom. The Bertz CT molecular complexity index is 958. The maximum absolute atomic E-state index is 11.5. The normalized spacial score (nSPS) is 11.9. The summed E-state index contributed by atoms with van der Waals surface area (Å²) in [7, 11) is 0. The first-order chi connectivity index (χ1) is 12.6. The summed E-state index contributed by atoms with van der Waals surface area (Å²) in [5, 5.41) is 33.5. The standard InChI is InChI=1S/C20H22N2O4.ClH/c23-12-16(21-11-3-5-13-4-1-2-6-17(13)24)14-7-9-18(25)20-15(14)8-10-19(26)22-20;/h1-2,4,6-10,16,21,23-25H,3,5,11-12H2,(H,22,26);1H. The van der Waals surface area contributed by atoms with Crippen LogP contribution in [0, 0.1) is 0 Å². The van der Waals surface area contributed by atoms with Gasteiger partial charge in [-0.1, -0.05) is 24.3 Å². The van der Waals surface area contributed by atoms with E-state index in [0.717, 1.165) is 24.0 Å². The second-order valence-electron chi connectivity index (χ2n) is 6.21. The molecule has 27 heavy (non-hydrogen) atoms. The molecule has 7 heteroatoms. The molecule has 144 valence electrons. The number of phenolic OH excluding ortho intramolecular Hbond substituents is 2. The number of phenols is 2. The highest BCUT2D eigenvalue weighted by Gasteiger charge is 2.15. The molecule has 1 unspecified atom stereocenters. The van der Waals surface area contributed by atoms with Gasteiger partial charge in [-0.05, 0) is 48.7 Å². The molecule has 5 N–H and O–H groups in total. The van der Waals surface area contributed by atoms with Crippen LogP contribution in [0.3, 0.4) is 0 Å². The fourth-order valence-corrected chi connectivity index (χ4v) is 3.11. The number of H-pyrrole nitrogens is 1. The first-order valence-corrected chi connectivity index (χ1v) is 8.56. The van der Waals surface area contributed by atoms with E-state index in [-0.39, 0.29) is 36.4 Å². The van der Waals surface area contributed by atoms with Crippen molar-refractivity contribution < 1.29 is 15.3 Å². The zero-order valence-electron chi connectivity index (χ0n) is 14.7. The van der Waals surface area contributed by atoms with Crippen molar-refractivity contribution in [3.63, 3.8) is 0 Å². The van der Waals surface area contributed by atoms with E-state index >= 15 is 0 Å². The van der Waals surface area contributed by atoms with Gasteiger partial charge in [0.2, 0.25) is 5.56 Å². The van der Waals surface area contributed by atoms with E-state index in [4.69, 9.17) is 0 Å². The van der Waals surface area contributed by atoms with Gasteiger partial charge in [-0.25, -0.2) is 0 Å². The summed E-state index contributed by atoms with van der Waals surface area (Å²) in [5.74, 6) is 0.289. The first kappa shape index (κ1) is 20.8. The minimum absolute atomic E-state index is 0. The van der Waals surface area contributed by atoms with Crippen LogP contribution in [0.2, 0.25) is 0 Å². The number of hydrogen-bond acceptors (Lipinski definition) is 5. The van der Waals surface area contributed by atoms with E-state index in [1.54, 1.807) is 24.3 Å². The van der Waals surface area contributed by atoms with Crippen molar-refractivity contribution in [1.82, 2.24) is 10.3 Å². The van der Waals surface area contributed by atoms with Crippen molar-refractivity contribution in [3.05, 3.63) is 70.0 Å². The first-order valence-electron chi connectivity index (χ1n) is 8.56. The average Bonchev–Trinajstić information content (AvgIpc) is 2.64. The molecule has 0 saturated heterocycles. The fourth-order valence-electron chi connectivity index (χ4n) is 3.11. The Balaban J connectivity index is 0.00000261. The Morgan fingerprint density at radius 1 is 1.00 bits per heavy atom. The number of aromatic amines is 1. The SMILES string of the molecule is Cl.O=c1ccc2c(C(CO)NCCCc3ccccc3O)ccc(O)c2[nH]1. The van der Waals surface area contributed by atoms with E-state index in [9.17, 15) is 20.1 Å². The number of benzene rings is 2. The molecule has 6 nitrogen and oxygen atoms in total. The van der Waals surface area contributed by atoms with Gasteiger partial charge >= 0.3 is 0 Å². The molecule has 0 spiro atoms. The number of aliphatic hydroxyl groups is 1. The largest absolute Gasteiger partial charge is 0.508 e. The summed E-state index contributed by atoms with van der Waals surface area (Å²) in [6.07, 6.45) is 1.52. The van der Waals surface area contributed by atoms with Gasteiger partial charge < -0.3 is 25.6 Å². The zero-order chi connectivity index (χ0) is 18.5. The second-order valence-corrected chi connectivity index (χ2v) is 6.21. The molecule has 0 fully saturated rings. The van der Waals surface area contributed by atoms with E-state index in [0.29, 0.717) is 23.2 Å². The van der Waals surface area contributed by atoms with Crippen molar-refractivity contribution in [2.24, 2.45) is 0 Å². The van der Waals surface area contributed by atoms with Crippen LogP contribution >= 0.6 is 12.4 Å². The van der Waals surface area contributed by atoms with Gasteiger partial charge in [-0.2, -0.15) is 0 Å². The van der Waals surface area contributed by atoms with Crippen molar-refractivity contribution in [2.75, 3.05) is 13.2 Å². The molecule has 0 aliphatic heterocycles. The lowest BCUT2D eigenvalue weighted by Gasteiger charge is -2.19. The van der Waals surface area contributed by atoms with Crippen LogP contribution < -0.4 is 10.9 Å². The topological polar surface area (TPSA) is 106 Å². The molecule has 0 bridgehead atoms. The van der Waals surface area contributed by atoms with E-state index < -0.39 is 0 Å². The van der Waals surface area contributed by atoms with E-state index in [1.165, 1.54) is 12.1 Å². The molecule has 1 heterocycles. The molecule has 0 aliphatic rings. The number of fused-ring (bicyclic) bond motifs is 1. The number of aryl methyl sites for hydroxylation is 1. The van der Waals surface area contributed by atoms with Gasteiger partial charge in [-0.15, -0.1) is 12.4 Å². The molecule has 0 aliphatic carbocycles. The van der Waals surface area contributed by atoms with Crippen molar-refractivity contribution in [2.45, 2.75) is 18.9 Å². The van der Waals surface area contributed by atoms with Gasteiger partial charge in [0.05, 0.1) is 18.2 Å². The third-order valence-electron chi connectivity index (χ3n) is 4.47. The predicted octanol–water partition coefficient (Wildman–Crippen LogP) is 2.62.